The summed E-state index contributed by atoms with van der Waals surface area (Å²) in [6.45, 7) is 0.314. The monoisotopic (exact) mass is 348 g/mol. The number of hydrogen-bond donors (Lipinski definition) is 1. The van der Waals surface area contributed by atoms with E-state index in [1.165, 1.54) is 0 Å². The van der Waals surface area contributed by atoms with E-state index >= 15 is 0 Å². The van der Waals surface area contributed by atoms with Gasteiger partial charge in [-0.1, -0.05) is 78.9 Å². The molecule has 0 amide bonds. The second-order valence-corrected chi connectivity index (χ2v) is 5.48. The fourth-order valence-electron chi connectivity index (χ4n) is 2.15. The van der Waals surface area contributed by atoms with Gasteiger partial charge >= 0.3 is 11.9 Å². The first kappa shape index (κ1) is 18.9. The third kappa shape index (κ3) is 7.01. The van der Waals surface area contributed by atoms with E-state index in [1.54, 1.807) is 24.3 Å². The van der Waals surface area contributed by atoms with Crippen LogP contribution in [-0.2, 0) is 22.6 Å². The van der Waals surface area contributed by atoms with Crippen molar-refractivity contribution in [2.24, 2.45) is 0 Å². The van der Waals surface area contributed by atoms with Gasteiger partial charge in [0.1, 0.15) is 6.61 Å². The van der Waals surface area contributed by atoms with Crippen LogP contribution in [0.1, 0.15) is 21.5 Å². The van der Waals surface area contributed by atoms with E-state index in [9.17, 15) is 9.59 Å². The zero-order valence-electron chi connectivity index (χ0n) is 14.2. The molecule has 0 aliphatic heterocycles. The molecule has 4 heteroatoms. The minimum absolute atomic E-state index is 0.112. The topological polar surface area (TPSA) is 63.6 Å². The molecule has 0 aromatic heterocycles. The Labute approximate surface area is 152 Å². The van der Waals surface area contributed by atoms with Crippen LogP contribution < -0.4 is 0 Å². The Bertz CT molecular complexity index is 799. The quantitative estimate of drug-likeness (QED) is 0.696. The van der Waals surface area contributed by atoms with Crippen LogP contribution in [0.2, 0.25) is 0 Å². The van der Waals surface area contributed by atoms with Crippen molar-refractivity contribution in [2.75, 3.05) is 0 Å². The fourth-order valence-corrected chi connectivity index (χ4v) is 2.15. The first-order valence-electron chi connectivity index (χ1n) is 8.17. The molecular formula is C22H20O4. The van der Waals surface area contributed by atoms with Crippen LogP contribution in [0.25, 0.3) is 0 Å². The highest BCUT2D eigenvalue weighted by Crippen LogP contribution is 2.05. The van der Waals surface area contributed by atoms with E-state index in [0.29, 0.717) is 12.2 Å². The Morgan fingerprint density at radius 3 is 1.65 bits per heavy atom. The van der Waals surface area contributed by atoms with Crippen molar-refractivity contribution in [3.8, 4) is 0 Å². The molecule has 1 N–H and O–H groups in total. The van der Waals surface area contributed by atoms with Crippen LogP contribution in [0.15, 0.2) is 91.0 Å². The number of carboxylic acid groups (broad SMARTS) is 1. The second-order valence-electron chi connectivity index (χ2n) is 5.48. The van der Waals surface area contributed by atoms with Crippen molar-refractivity contribution < 1.29 is 19.4 Å². The van der Waals surface area contributed by atoms with Crippen LogP contribution in [0.3, 0.4) is 0 Å². The minimum Gasteiger partial charge on any atom is -0.481 e. The Morgan fingerprint density at radius 1 is 0.692 bits per heavy atom. The summed E-state index contributed by atoms with van der Waals surface area (Å²) in [6.07, 6.45) is 0.112. The molecule has 26 heavy (non-hydrogen) atoms. The normalized spacial score (nSPS) is 9.54. The molecule has 4 nitrogen and oxygen atoms in total. The summed E-state index contributed by atoms with van der Waals surface area (Å²) >= 11 is 0. The smallest absolute Gasteiger partial charge is 0.338 e. The first-order valence-corrected chi connectivity index (χ1v) is 8.17. The molecule has 3 aromatic rings. The van der Waals surface area contributed by atoms with Crippen molar-refractivity contribution in [1.29, 1.82) is 0 Å². The lowest BCUT2D eigenvalue weighted by Crippen LogP contribution is -2.04. The highest BCUT2D eigenvalue weighted by Gasteiger charge is 2.05. The molecule has 0 aliphatic rings. The highest BCUT2D eigenvalue weighted by atomic mass is 16.5. The maximum atomic E-state index is 11.6. The summed E-state index contributed by atoms with van der Waals surface area (Å²) in [7, 11) is 0. The molecular weight excluding hydrogens is 328 g/mol. The highest BCUT2D eigenvalue weighted by molar-refractivity contribution is 5.89. The number of hydrogen-bond acceptors (Lipinski definition) is 3. The Kier molecular flexibility index (Phi) is 7.62. The summed E-state index contributed by atoms with van der Waals surface area (Å²) < 4.78 is 5.18. The number of carbonyl (C=O) groups excluding carboxylic acids is 1. The molecule has 0 atom stereocenters. The zero-order valence-corrected chi connectivity index (χ0v) is 14.2. The predicted octanol–water partition coefficient (Wildman–Crippen LogP) is 4.36. The van der Waals surface area contributed by atoms with E-state index < -0.39 is 5.97 Å². The fraction of sp³-hybridized carbons (Fsp3) is 0.0909. The third-order valence-corrected chi connectivity index (χ3v) is 3.42. The number of aliphatic carboxylic acids is 1. The molecule has 0 unspecified atom stereocenters. The zero-order chi connectivity index (χ0) is 18.6. The largest absolute Gasteiger partial charge is 0.481 e. The van der Waals surface area contributed by atoms with Gasteiger partial charge in [0.25, 0.3) is 0 Å². The van der Waals surface area contributed by atoms with Crippen LogP contribution in [0, 0.1) is 0 Å². The molecule has 132 valence electrons. The number of ether oxygens (including phenoxy) is 1. The Morgan fingerprint density at radius 2 is 1.15 bits per heavy atom. The molecule has 0 heterocycles. The maximum Gasteiger partial charge on any atom is 0.338 e. The number of carbonyl (C=O) groups is 2. The molecule has 3 rings (SSSR count). The standard InChI is InChI=1S/C14H12O2.C8H8O2/c15-14(13-9-5-2-6-10-13)16-11-12-7-3-1-4-8-12;9-8(10)6-7-4-2-1-3-5-7/h1-10H,11H2;1-5H,6H2,(H,9,10). The summed E-state index contributed by atoms with van der Waals surface area (Å²) in [6, 6.07) is 27.8. The van der Waals surface area contributed by atoms with Crippen molar-refractivity contribution >= 4 is 11.9 Å². The van der Waals surface area contributed by atoms with Crippen LogP contribution in [-0.4, -0.2) is 17.0 Å². The van der Waals surface area contributed by atoms with Crippen LogP contribution in [0.4, 0.5) is 0 Å². The second kappa shape index (κ2) is 10.5. The Hall–Kier alpha value is -3.40. The molecule has 0 fully saturated rings. The van der Waals surface area contributed by atoms with Gasteiger partial charge in [0.15, 0.2) is 0 Å². The van der Waals surface area contributed by atoms with Gasteiger partial charge in [-0.3, -0.25) is 4.79 Å². The third-order valence-electron chi connectivity index (χ3n) is 3.42. The Balaban J connectivity index is 0.000000209. The first-order chi connectivity index (χ1) is 12.6. The summed E-state index contributed by atoms with van der Waals surface area (Å²) in [5.74, 6) is -1.07. The lowest BCUT2D eigenvalue weighted by Gasteiger charge is -2.04. The van der Waals surface area contributed by atoms with Gasteiger partial charge < -0.3 is 9.84 Å². The molecule has 0 saturated carbocycles. The summed E-state index contributed by atoms with van der Waals surface area (Å²) in [5, 5.41) is 8.37. The van der Waals surface area contributed by atoms with Crippen molar-refractivity contribution in [2.45, 2.75) is 13.0 Å². The van der Waals surface area contributed by atoms with Gasteiger partial charge in [-0.25, -0.2) is 4.79 Å². The van der Waals surface area contributed by atoms with E-state index in [1.807, 2.05) is 66.7 Å². The van der Waals surface area contributed by atoms with Gasteiger partial charge in [0.2, 0.25) is 0 Å². The molecule has 0 saturated heterocycles. The SMILES string of the molecule is O=C(O)Cc1ccccc1.O=C(OCc1ccccc1)c1ccccc1. The lowest BCUT2D eigenvalue weighted by molar-refractivity contribution is -0.136. The van der Waals surface area contributed by atoms with E-state index in [2.05, 4.69) is 0 Å². The van der Waals surface area contributed by atoms with Crippen LogP contribution in [0.5, 0.6) is 0 Å². The molecule has 3 aromatic carbocycles. The lowest BCUT2D eigenvalue weighted by atomic mass is 10.2. The van der Waals surface area contributed by atoms with Crippen molar-refractivity contribution in [3.63, 3.8) is 0 Å². The van der Waals surface area contributed by atoms with Crippen LogP contribution >= 0.6 is 0 Å². The molecule has 0 spiro atoms. The average molecular weight is 348 g/mol. The van der Waals surface area contributed by atoms with Gasteiger partial charge in [0.05, 0.1) is 12.0 Å². The number of rotatable bonds is 5. The number of esters is 1. The van der Waals surface area contributed by atoms with Crippen molar-refractivity contribution in [1.82, 2.24) is 0 Å². The number of carboxylic acids is 1. The van der Waals surface area contributed by atoms with E-state index in [-0.39, 0.29) is 12.4 Å². The van der Waals surface area contributed by atoms with Crippen molar-refractivity contribution in [3.05, 3.63) is 108 Å². The average Bonchev–Trinajstić information content (AvgIpc) is 2.68. The summed E-state index contributed by atoms with van der Waals surface area (Å²) in [4.78, 5) is 21.8. The van der Waals surface area contributed by atoms with E-state index in [4.69, 9.17) is 9.84 Å². The predicted molar refractivity (Wildman–Crippen MR) is 99.8 cm³/mol. The summed E-state index contributed by atoms with van der Waals surface area (Å²) in [5.41, 5.74) is 2.42. The van der Waals surface area contributed by atoms with Gasteiger partial charge in [-0.15, -0.1) is 0 Å². The molecule has 0 aliphatic carbocycles. The molecule has 0 radical (unpaired) electrons. The molecule has 0 bridgehead atoms. The van der Waals surface area contributed by atoms with E-state index in [0.717, 1.165) is 11.1 Å². The van der Waals surface area contributed by atoms with Gasteiger partial charge in [-0.2, -0.15) is 0 Å². The number of benzene rings is 3. The van der Waals surface area contributed by atoms with Gasteiger partial charge in [0, 0.05) is 0 Å². The minimum atomic E-state index is -0.786. The van der Waals surface area contributed by atoms with Gasteiger partial charge in [-0.05, 0) is 23.3 Å². The maximum absolute atomic E-state index is 11.6.